The van der Waals surface area contributed by atoms with Gasteiger partial charge < -0.3 is 0 Å². The minimum Gasteiger partial charge on any atom is -0.143 e. The zero-order valence-electron chi connectivity index (χ0n) is 10.7. The van der Waals surface area contributed by atoms with Gasteiger partial charge in [-0.2, -0.15) is 0 Å². The maximum Gasteiger partial charge on any atom is 0.00429 e. The van der Waals surface area contributed by atoms with Crippen molar-refractivity contribution < 1.29 is 0 Å². The van der Waals surface area contributed by atoms with Crippen LogP contribution in [0.3, 0.4) is 0 Å². The molecule has 0 aliphatic heterocycles. The Bertz CT molecular complexity index is 387. The molecule has 1 aliphatic carbocycles. The molecule has 1 aliphatic rings. The van der Waals surface area contributed by atoms with E-state index in [2.05, 4.69) is 58.5 Å². The van der Waals surface area contributed by atoms with Crippen molar-refractivity contribution in [3.63, 3.8) is 0 Å². The molecule has 16 heavy (non-hydrogen) atoms. The first-order valence-corrected chi connectivity index (χ1v) is 6.66. The lowest BCUT2D eigenvalue weighted by Gasteiger charge is -2.40. The molecule has 88 valence electrons. The molecule has 2 rings (SSSR count). The molecule has 0 amide bonds. The minimum atomic E-state index is 0.354. The van der Waals surface area contributed by atoms with E-state index in [-0.39, 0.29) is 0 Å². The van der Waals surface area contributed by atoms with Crippen LogP contribution in [0.5, 0.6) is 0 Å². The summed E-state index contributed by atoms with van der Waals surface area (Å²) in [6.07, 6.45) is 2.53. The molecule has 1 heteroatoms. The molecule has 0 nitrogen and oxygen atoms in total. The maximum atomic E-state index is 4.44. The fourth-order valence-electron chi connectivity index (χ4n) is 3.29. The van der Waals surface area contributed by atoms with Crippen molar-refractivity contribution in [2.24, 2.45) is 11.3 Å². The van der Waals surface area contributed by atoms with E-state index in [4.69, 9.17) is 0 Å². The van der Waals surface area contributed by atoms with E-state index in [0.717, 1.165) is 10.8 Å². The Morgan fingerprint density at radius 3 is 2.56 bits per heavy atom. The second-order valence-corrected chi connectivity index (χ2v) is 6.76. The summed E-state index contributed by atoms with van der Waals surface area (Å²) in [6, 6.07) is 6.69. The highest BCUT2D eigenvalue weighted by molar-refractivity contribution is 7.80. The predicted octanol–water partition coefficient (Wildman–Crippen LogP) is 4.69. The van der Waals surface area contributed by atoms with Gasteiger partial charge in [0, 0.05) is 4.90 Å². The lowest BCUT2D eigenvalue weighted by molar-refractivity contribution is 0.225. The highest BCUT2D eigenvalue weighted by Crippen LogP contribution is 2.46. The largest absolute Gasteiger partial charge is 0.143 e. The Hall–Kier alpha value is -0.430. The first-order chi connectivity index (χ1) is 7.39. The van der Waals surface area contributed by atoms with Crippen molar-refractivity contribution in [1.82, 2.24) is 0 Å². The third kappa shape index (κ3) is 2.15. The summed E-state index contributed by atoms with van der Waals surface area (Å²) < 4.78 is 0. The second kappa shape index (κ2) is 4.10. The third-order valence-corrected chi connectivity index (χ3v) is 4.11. The maximum absolute atomic E-state index is 4.44. The van der Waals surface area contributed by atoms with Gasteiger partial charge in [-0.05, 0) is 53.4 Å². The summed E-state index contributed by atoms with van der Waals surface area (Å²) in [6.45, 7) is 9.47. The summed E-state index contributed by atoms with van der Waals surface area (Å²) >= 11 is 4.44. The van der Waals surface area contributed by atoms with Crippen molar-refractivity contribution in [2.75, 3.05) is 0 Å². The lowest BCUT2D eigenvalue weighted by atomic mass is 9.64. The normalized spacial score (nSPS) is 25.3. The number of fused-ring (bicyclic) bond motifs is 1. The monoisotopic (exact) mass is 234 g/mol. The molecule has 1 aromatic rings. The highest BCUT2D eigenvalue weighted by atomic mass is 32.1. The van der Waals surface area contributed by atoms with Crippen molar-refractivity contribution in [3.05, 3.63) is 29.3 Å². The average molecular weight is 234 g/mol. The van der Waals surface area contributed by atoms with Crippen molar-refractivity contribution in [2.45, 2.75) is 51.3 Å². The van der Waals surface area contributed by atoms with Gasteiger partial charge in [0.15, 0.2) is 0 Å². The summed E-state index contributed by atoms with van der Waals surface area (Å²) in [5.41, 5.74) is 3.43. The van der Waals surface area contributed by atoms with Gasteiger partial charge in [-0.3, -0.25) is 0 Å². The number of aryl methyl sites for hydroxylation is 1. The lowest BCUT2D eigenvalue weighted by Crippen LogP contribution is -2.29. The third-order valence-electron chi connectivity index (χ3n) is 3.83. The van der Waals surface area contributed by atoms with Crippen LogP contribution in [-0.2, 0) is 6.42 Å². The number of benzene rings is 1. The van der Waals surface area contributed by atoms with Crippen LogP contribution in [0.1, 0.15) is 51.2 Å². The van der Waals surface area contributed by atoms with Gasteiger partial charge in [0.1, 0.15) is 0 Å². The number of rotatable bonds is 0. The molecule has 1 aromatic carbocycles. The first kappa shape index (κ1) is 12.0. The van der Waals surface area contributed by atoms with Crippen molar-refractivity contribution in [3.8, 4) is 0 Å². The Labute approximate surface area is 105 Å². The van der Waals surface area contributed by atoms with Gasteiger partial charge in [-0.25, -0.2) is 0 Å². The Morgan fingerprint density at radius 2 is 1.94 bits per heavy atom. The molecule has 0 fully saturated rings. The van der Waals surface area contributed by atoms with Crippen LogP contribution in [0, 0.1) is 11.3 Å². The molecule has 0 heterocycles. The van der Waals surface area contributed by atoms with E-state index in [1.165, 1.54) is 18.4 Å². The molecular formula is C15H22S. The van der Waals surface area contributed by atoms with E-state index < -0.39 is 0 Å². The van der Waals surface area contributed by atoms with E-state index >= 15 is 0 Å². The van der Waals surface area contributed by atoms with E-state index in [9.17, 15) is 0 Å². The van der Waals surface area contributed by atoms with Crippen LogP contribution in [0.4, 0.5) is 0 Å². The van der Waals surface area contributed by atoms with E-state index in [0.29, 0.717) is 11.3 Å². The van der Waals surface area contributed by atoms with Crippen LogP contribution in [-0.4, -0.2) is 0 Å². The number of thiol groups is 1. The molecule has 0 N–H and O–H groups in total. The molecule has 0 spiro atoms. The van der Waals surface area contributed by atoms with E-state index in [1.54, 1.807) is 5.56 Å². The number of hydrogen-bond acceptors (Lipinski definition) is 1. The fraction of sp³-hybridized carbons (Fsp3) is 0.600. The van der Waals surface area contributed by atoms with Gasteiger partial charge in [-0.1, -0.05) is 33.8 Å². The zero-order valence-corrected chi connectivity index (χ0v) is 11.6. The second-order valence-electron chi connectivity index (χ2n) is 6.24. The molecule has 0 radical (unpaired) electrons. The molecule has 0 bridgehead atoms. The summed E-state index contributed by atoms with van der Waals surface area (Å²) in [5, 5.41) is 0. The van der Waals surface area contributed by atoms with Crippen LogP contribution in [0.2, 0.25) is 0 Å². The van der Waals surface area contributed by atoms with Gasteiger partial charge in [0.25, 0.3) is 0 Å². The minimum absolute atomic E-state index is 0.354. The molecule has 2 unspecified atom stereocenters. The van der Waals surface area contributed by atoms with Crippen LogP contribution < -0.4 is 0 Å². The first-order valence-electron chi connectivity index (χ1n) is 6.21. The summed E-state index contributed by atoms with van der Waals surface area (Å²) in [5.74, 6) is 1.48. The summed E-state index contributed by atoms with van der Waals surface area (Å²) in [4.78, 5) is 1.10. The molecule has 0 saturated heterocycles. The van der Waals surface area contributed by atoms with Gasteiger partial charge >= 0.3 is 0 Å². The van der Waals surface area contributed by atoms with Gasteiger partial charge in [-0.15, -0.1) is 12.6 Å². The SMILES string of the molecule is CC1CCc2cc(S)ccc2C1C(C)(C)C. The predicted molar refractivity (Wildman–Crippen MR) is 73.4 cm³/mol. The van der Waals surface area contributed by atoms with Gasteiger partial charge in [0.05, 0.1) is 0 Å². The van der Waals surface area contributed by atoms with Crippen LogP contribution >= 0.6 is 12.6 Å². The van der Waals surface area contributed by atoms with Crippen molar-refractivity contribution >= 4 is 12.6 Å². The molecular weight excluding hydrogens is 212 g/mol. The average Bonchev–Trinajstić information content (AvgIpc) is 2.16. The molecule has 0 saturated carbocycles. The Kier molecular flexibility index (Phi) is 3.09. The van der Waals surface area contributed by atoms with Crippen LogP contribution in [0.15, 0.2) is 23.1 Å². The van der Waals surface area contributed by atoms with Crippen molar-refractivity contribution in [1.29, 1.82) is 0 Å². The Morgan fingerprint density at radius 1 is 1.25 bits per heavy atom. The topological polar surface area (TPSA) is 0 Å². The summed E-state index contributed by atoms with van der Waals surface area (Å²) in [7, 11) is 0. The molecule has 2 atom stereocenters. The highest BCUT2D eigenvalue weighted by Gasteiger charge is 2.35. The fourth-order valence-corrected chi connectivity index (χ4v) is 3.52. The standard InChI is InChI=1S/C15H22S/c1-10-5-6-11-9-12(16)7-8-13(11)14(10)15(2,3)4/h7-10,14,16H,5-6H2,1-4H3. The quantitative estimate of drug-likeness (QED) is 0.619. The smallest absolute Gasteiger partial charge is 0.00429 e. The Balaban J connectivity index is 2.48. The zero-order chi connectivity index (χ0) is 11.9. The van der Waals surface area contributed by atoms with Gasteiger partial charge in [0.2, 0.25) is 0 Å². The van der Waals surface area contributed by atoms with E-state index in [1.807, 2.05) is 0 Å². The van der Waals surface area contributed by atoms with Crippen LogP contribution in [0.25, 0.3) is 0 Å². The molecule has 0 aromatic heterocycles. The number of hydrogen-bond donors (Lipinski definition) is 1.